The van der Waals surface area contributed by atoms with Gasteiger partial charge in [-0.1, -0.05) is 194 Å². The van der Waals surface area contributed by atoms with E-state index in [1.807, 2.05) is 0 Å². The zero-order valence-electron chi connectivity index (χ0n) is 34.8. The number of hydrogen-bond acceptors (Lipinski definition) is 2. The van der Waals surface area contributed by atoms with Crippen molar-refractivity contribution in [2.45, 2.75) is 25.3 Å². The molecule has 0 aliphatic heterocycles. The number of benzene rings is 8. The molecule has 2 aliphatic carbocycles. The maximum atomic E-state index is 2.58. The van der Waals surface area contributed by atoms with Crippen molar-refractivity contribution in [1.29, 1.82) is 0 Å². The molecule has 0 N–H and O–H groups in total. The molecule has 8 aromatic rings. The maximum absolute atomic E-state index is 2.58. The summed E-state index contributed by atoms with van der Waals surface area (Å²) in [5.41, 5.74) is 18.5. The van der Waals surface area contributed by atoms with Crippen molar-refractivity contribution in [3.8, 4) is 22.3 Å². The summed E-state index contributed by atoms with van der Waals surface area (Å²) in [4.78, 5) is 4.92. The molecule has 0 radical (unpaired) electrons. The van der Waals surface area contributed by atoms with Crippen molar-refractivity contribution in [3.63, 3.8) is 0 Å². The van der Waals surface area contributed by atoms with Gasteiger partial charge >= 0.3 is 0 Å². The number of para-hydroxylation sites is 2. The molecule has 0 spiro atoms. The van der Waals surface area contributed by atoms with Gasteiger partial charge in [-0.05, 0) is 130 Å². The van der Waals surface area contributed by atoms with Crippen molar-refractivity contribution in [2.75, 3.05) is 9.80 Å². The normalized spacial score (nSPS) is 14.8. The van der Waals surface area contributed by atoms with Gasteiger partial charge in [-0.25, -0.2) is 0 Å². The summed E-state index contributed by atoms with van der Waals surface area (Å²) < 4.78 is 0. The first-order valence-corrected chi connectivity index (χ1v) is 21.7. The van der Waals surface area contributed by atoms with E-state index < -0.39 is 0 Å². The van der Waals surface area contributed by atoms with E-state index in [1.165, 1.54) is 67.0 Å². The van der Waals surface area contributed by atoms with Gasteiger partial charge in [-0.15, -0.1) is 0 Å². The maximum Gasteiger partial charge on any atom is 0.0557 e. The van der Waals surface area contributed by atoms with E-state index in [9.17, 15) is 0 Å². The van der Waals surface area contributed by atoms with Gasteiger partial charge in [0.2, 0.25) is 0 Å². The number of rotatable bonds is 11. The van der Waals surface area contributed by atoms with Crippen molar-refractivity contribution < 1.29 is 0 Å². The predicted octanol–water partition coefficient (Wildman–Crippen LogP) is 16.0. The molecule has 0 heterocycles. The molecule has 8 aromatic carbocycles. The van der Waals surface area contributed by atoms with Gasteiger partial charge in [0, 0.05) is 28.4 Å². The molecular formula is C60H48N2. The van der Waals surface area contributed by atoms with Gasteiger partial charge in [0.15, 0.2) is 0 Å². The minimum Gasteiger partial charge on any atom is -0.338 e. The van der Waals surface area contributed by atoms with Crippen molar-refractivity contribution >= 4 is 39.5 Å². The standard InChI is InChI=1S/C60H48N2/c1-6-16-45(17-7-1)47-26-28-48(29-27-47)50-32-38-57(39-33-50)62(54-24-14-5-15-25-54)58-42-43-59(60(44-58)51-20-10-3-11-21-51)52-34-40-56(41-35-52)61(53-22-12-4-13-23-53)55-36-30-49(31-37-55)46-18-8-2-9-19-46/h1-38,40-41,44,57H,39,42-43H2. The Morgan fingerprint density at radius 1 is 0.355 bits per heavy atom. The van der Waals surface area contributed by atoms with Gasteiger partial charge in [-0.3, -0.25) is 0 Å². The highest BCUT2D eigenvalue weighted by Crippen LogP contribution is 2.42. The lowest BCUT2D eigenvalue weighted by Crippen LogP contribution is -2.34. The Balaban J connectivity index is 0.970. The van der Waals surface area contributed by atoms with E-state index >= 15 is 0 Å². The Labute approximate surface area is 366 Å². The van der Waals surface area contributed by atoms with Crippen LogP contribution in [-0.2, 0) is 0 Å². The van der Waals surface area contributed by atoms with Crippen LogP contribution in [0.4, 0.5) is 22.7 Å². The van der Waals surface area contributed by atoms with Gasteiger partial charge in [0.1, 0.15) is 0 Å². The van der Waals surface area contributed by atoms with Gasteiger partial charge in [-0.2, -0.15) is 0 Å². The molecule has 2 aliphatic rings. The fourth-order valence-electron chi connectivity index (χ4n) is 9.01. The molecule has 2 nitrogen and oxygen atoms in total. The summed E-state index contributed by atoms with van der Waals surface area (Å²) >= 11 is 0. The molecule has 62 heavy (non-hydrogen) atoms. The Hall–Kier alpha value is -7.68. The average molecular weight is 797 g/mol. The molecule has 0 saturated carbocycles. The monoisotopic (exact) mass is 796 g/mol. The topological polar surface area (TPSA) is 6.48 Å². The van der Waals surface area contributed by atoms with Crippen molar-refractivity contribution in [3.05, 3.63) is 271 Å². The van der Waals surface area contributed by atoms with Gasteiger partial charge in [0.05, 0.1) is 6.04 Å². The van der Waals surface area contributed by atoms with E-state index in [2.05, 4.69) is 259 Å². The van der Waals surface area contributed by atoms with Crippen LogP contribution < -0.4 is 9.80 Å². The van der Waals surface area contributed by atoms with Crippen LogP contribution in [0.15, 0.2) is 254 Å². The molecule has 10 rings (SSSR count). The second kappa shape index (κ2) is 17.9. The first kappa shape index (κ1) is 38.5. The molecule has 0 aromatic heterocycles. The van der Waals surface area contributed by atoms with Crippen LogP contribution in [0, 0.1) is 0 Å². The summed E-state index contributed by atoms with van der Waals surface area (Å²) in [5, 5.41) is 0. The zero-order chi connectivity index (χ0) is 41.5. The number of nitrogens with zero attached hydrogens (tertiary/aromatic N) is 2. The SMILES string of the molecule is C1=CC(N(C2=CC(c3ccccc3)=C(c3ccc(N(c4ccccc4)c4ccc(-c5ccccc5)cc4)cc3)CC2)c2ccccc2)CC=C1c1ccc(-c2ccccc2)cc1. The average Bonchev–Trinajstić information content (AvgIpc) is 3.36. The molecule has 1 unspecified atom stereocenters. The quantitative estimate of drug-likeness (QED) is 0.129. The highest BCUT2D eigenvalue weighted by atomic mass is 15.2. The van der Waals surface area contributed by atoms with E-state index in [4.69, 9.17) is 0 Å². The second-order valence-electron chi connectivity index (χ2n) is 16.0. The second-order valence-corrected chi connectivity index (χ2v) is 16.0. The van der Waals surface area contributed by atoms with E-state index in [0.29, 0.717) is 0 Å². The lowest BCUT2D eigenvalue weighted by atomic mass is 9.85. The smallest absolute Gasteiger partial charge is 0.0557 e. The molecule has 0 bridgehead atoms. The fourth-order valence-corrected chi connectivity index (χ4v) is 9.01. The number of hydrogen-bond donors (Lipinski definition) is 0. The first-order valence-electron chi connectivity index (χ1n) is 21.7. The first-order chi connectivity index (χ1) is 30.7. The van der Waals surface area contributed by atoms with Crippen LogP contribution in [-0.4, -0.2) is 6.04 Å². The molecule has 298 valence electrons. The summed E-state index contributed by atoms with van der Waals surface area (Å²) in [6, 6.07) is 81.0. The molecule has 0 amide bonds. The van der Waals surface area contributed by atoms with E-state index in [-0.39, 0.29) is 6.04 Å². The number of allylic oxidation sites excluding steroid dienone is 6. The summed E-state index contributed by atoms with van der Waals surface area (Å²) in [7, 11) is 0. The van der Waals surface area contributed by atoms with Crippen LogP contribution >= 0.6 is 0 Å². The van der Waals surface area contributed by atoms with Gasteiger partial charge in [0.25, 0.3) is 0 Å². The third-order valence-corrected chi connectivity index (χ3v) is 12.2. The lowest BCUT2D eigenvalue weighted by Gasteiger charge is -2.37. The Bertz CT molecular complexity index is 2860. The van der Waals surface area contributed by atoms with Crippen molar-refractivity contribution in [1.82, 2.24) is 0 Å². The minimum atomic E-state index is 0.194. The number of anilines is 4. The molecule has 0 fully saturated rings. The third-order valence-electron chi connectivity index (χ3n) is 12.2. The lowest BCUT2D eigenvalue weighted by molar-refractivity contribution is 0.725. The van der Waals surface area contributed by atoms with Gasteiger partial charge < -0.3 is 9.80 Å². The van der Waals surface area contributed by atoms with Crippen LogP contribution in [0.2, 0.25) is 0 Å². The summed E-state index contributed by atoms with van der Waals surface area (Å²) in [6.45, 7) is 0. The zero-order valence-corrected chi connectivity index (χ0v) is 34.8. The van der Waals surface area contributed by atoms with Crippen LogP contribution in [0.5, 0.6) is 0 Å². The van der Waals surface area contributed by atoms with Crippen LogP contribution in [0.3, 0.4) is 0 Å². The van der Waals surface area contributed by atoms with Crippen molar-refractivity contribution in [2.24, 2.45) is 0 Å². The highest BCUT2D eigenvalue weighted by Gasteiger charge is 2.26. The third kappa shape index (κ3) is 8.24. The predicted molar refractivity (Wildman–Crippen MR) is 263 cm³/mol. The Morgan fingerprint density at radius 2 is 0.774 bits per heavy atom. The molecule has 2 heteroatoms. The molecular weight excluding hydrogens is 749 g/mol. The minimum absolute atomic E-state index is 0.194. The van der Waals surface area contributed by atoms with E-state index in [1.54, 1.807) is 0 Å². The Kier molecular flexibility index (Phi) is 11.1. The summed E-state index contributed by atoms with van der Waals surface area (Å²) in [6.07, 6.45) is 12.4. The largest absolute Gasteiger partial charge is 0.338 e. The van der Waals surface area contributed by atoms with Crippen LogP contribution in [0.25, 0.3) is 39.0 Å². The molecule has 0 saturated heterocycles. The fraction of sp³-hybridized carbons (Fsp3) is 0.0667. The van der Waals surface area contributed by atoms with E-state index in [0.717, 1.165) is 36.3 Å². The summed E-state index contributed by atoms with van der Waals surface area (Å²) in [5.74, 6) is 0. The molecule has 1 atom stereocenters. The van der Waals surface area contributed by atoms with Crippen LogP contribution in [0.1, 0.15) is 36.0 Å². The Morgan fingerprint density at radius 3 is 1.29 bits per heavy atom. The highest BCUT2D eigenvalue weighted by molar-refractivity contribution is 5.98.